The Morgan fingerprint density at radius 2 is 2.00 bits per heavy atom. The van der Waals surface area contributed by atoms with Gasteiger partial charge < -0.3 is 4.98 Å². The van der Waals surface area contributed by atoms with Crippen LogP contribution >= 0.6 is 11.6 Å². The van der Waals surface area contributed by atoms with Gasteiger partial charge in [0, 0.05) is 25.3 Å². The molecule has 3 heterocycles. The number of aromatic amines is 1. The summed E-state index contributed by atoms with van der Waals surface area (Å²) in [4.78, 5) is 16.1. The van der Waals surface area contributed by atoms with Crippen LogP contribution in [0.1, 0.15) is 19.3 Å². The summed E-state index contributed by atoms with van der Waals surface area (Å²) in [6.45, 7) is 3.03. The number of hydrogen-bond acceptors (Lipinski definition) is 4. The first-order valence-electron chi connectivity index (χ1n) is 7.11. The third-order valence-electron chi connectivity index (χ3n) is 4.24. The Morgan fingerprint density at radius 1 is 1.24 bits per heavy atom. The Labute approximate surface area is 128 Å². The van der Waals surface area contributed by atoms with Crippen LogP contribution in [-0.2, 0) is 10.0 Å². The maximum absolute atomic E-state index is 12.7. The molecule has 0 spiro atoms. The van der Waals surface area contributed by atoms with Crippen LogP contribution in [0.15, 0.2) is 22.0 Å². The molecule has 1 unspecified atom stereocenters. The molecule has 8 heteroatoms. The molecule has 0 saturated carbocycles. The van der Waals surface area contributed by atoms with Crippen LogP contribution in [-0.4, -0.2) is 54.8 Å². The largest absolute Gasteiger partial charge is 0.326 e. The zero-order chi connectivity index (χ0) is 15.0. The minimum absolute atomic E-state index is 0.0542. The van der Waals surface area contributed by atoms with E-state index in [9.17, 15) is 13.2 Å². The number of aromatic nitrogens is 1. The topological polar surface area (TPSA) is 73.5 Å². The summed E-state index contributed by atoms with van der Waals surface area (Å²) < 4.78 is 27.0. The van der Waals surface area contributed by atoms with Gasteiger partial charge in [-0.15, -0.1) is 0 Å². The summed E-state index contributed by atoms with van der Waals surface area (Å²) in [5, 5.41) is -0.103. The summed E-state index contributed by atoms with van der Waals surface area (Å²) >= 11 is 5.75. The molecule has 3 rings (SSSR count). The van der Waals surface area contributed by atoms with Crippen LogP contribution in [0.3, 0.4) is 0 Å². The maximum Gasteiger partial charge on any atom is 0.266 e. The van der Waals surface area contributed by atoms with Gasteiger partial charge in [0.15, 0.2) is 0 Å². The van der Waals surface area contributed by atoms with Gasteiger partial charge in [-0.25, -0.2) is 8.42 Å². The van der Waals surface area contributed by atoms with E-state index in [-0.39, 0.29) is 9.92 Å². The minimum atomic E-state index is -3.61. The fraction of sp³-hybridized carbons (Fsp3) is 0.615. The normalized spacial score (nSPS) is 24.7. The zero-order valence-corrected chi connectivity index (χ0v) is 13.2. The van der Waals surface area contributed by atoms with E-state index in [1.54, 1.807) is 0 Å². The first kappa shape index (κ1) is 15.0. The lowest BCUT2D eigenvalue weighted by Gasteiger charge is -2.25. The van der Waals surface area contributed by atoms with Crippen LogP contribution in [0.5, 0.6) is 0 Å². The number of halogens is 1. The summed E-state index contributed by atoms with van der Waals surface area (Å²) in [5.41, 5.74) is -0.478. The van der Waals surface area contributed by atoms with Gasteiger partial charge in [0.05, 0.1) is 4.90 Å². The number of nitrogens with zero attached hydrogens (tertiary/aromatic N) is 2. The van der Waals surface area contributed by atoms with Crippen molar-refractivity contribution in [3.63, 3.8) is 0 Å². The quantitative estimate of drug-likeness (QED) is 0.873. The molecule has 0 radical (unpaired) electrons. The first-order chi connectivity index (χ1) is 9.98. The standard InChI is InChI=1S/C13H18ClN3O3S/c14-12-7-11(8-15-13(12)18)21(19,20)17-6-2-5-16-4-1-3-10(16)9-17/h7-8,10H,1-6,9H2,(H,15,18). The van der Waals surface area contributed by atoms with Crippen molar-refractivity contribution in [2.75, 3.05) is 26.2 Å². The van der Waals surface area contributed by atoms with Gasteiger partial charge in [0.1, 0.15) is 5.02 Å². The van der Waals surface area contributed by atoms with Crippen molar-refractivity contribution in [2.45, 2.75) is 30.2 Å². The van der Waals surface area contributed by atoms with Crippen molar-refractivity contribution >= 4 is 21.6 Å². The third kappa shape index (κ3) is 2.88. The van der Waals surface area contributed by atoms with Crippen molar-refractivity contribution in [2.24, 2.45) is 0 Å². The number of rotatable bonds is 2. The van der Waals surface area contributed by atoms with E-state index in [0.717, 1.165) is 32.4 Å². The first-order valence-corrected chi connectivity index (χ1v) is 8.93. The fourth-order valence-corrected chi connectivity index (χ4v) is 4.87. The van der Waals surface area contributed by atoms with Crippen LogP contribution in [0.25, 0.3) is 0 Å². The Balaban J connectivity index is 1.89. The molecule has 2 aliphatic heterocycles. The Hall–Kier alpha value is -0.890. The van der Waals surface area contributed by atoms with E-state index in [4.69, 9.17) is 11.6 Å². The van der Waals surface area contributed by atoms with Crippen molar-refractivity contribution in [3.8, 4) is 0 Å². The highest BCUT2D eigenvalue weighted by molar-refractivity contribution is 7.89. The lowest BCUT2D eigenvalue weighted by Crippen LogP contribution is -2.39. The molecule has 0 amide bonds. The van der Waals surface area contributed by atoms with Gasteiger partial charge in [-0.1, -0.05) is 11.6 Å². The van der Waals surface area contributed by atoms with Crippen molar-refractivity contribution in [1.29, 1.82) is 0 Å². The number of nitrogens with one attached hydrogen (secondary N) is 1. The monoisotopic (exact) mass is 331 g/mol. The highest BCUT2D eigenvalue weighted by Gasteiger charge is 2.34. The highest BCUT2D eigenvalue weighted by atomic mass is 35.5. The van der Waals surface area contributed by atoms with Crippen LogP contribution in [0.2, 0.25) is 5.02 Å². The summed E-state index contributed by atoms with van der Waals surface area (Å²) in [5.74, 6) is 0. The van der Waals surface area contributed by atoms with E-state index in [0.29, 0.717) is 19.1 Å². The van der Waals surface area contributed by atoms with Crippen LogP contribution < -0.4 is 5.56 Å². The molecular weight excluding hydrogens is 314 g/mol. The molecule has 0 bridgehead atoms. The van der Waals surface area contributed by atoms with Gasteiger partial charge >= 0.3 is 0 Å². The maximum atomic E-state index is 12.7. The number of pyridine rings is 1. The van der Waals surface area contributed by atoms with Crippen molar-refractivity contribution in [3.05, 3.63) is 27.6 Å². The van der Waals surface area contributed by atoms with E-state index < -0.39 is 15.6 Å². The molecular formula is C13H18ClN3O3S. The highest BCUT2D eigenvalue weighted by Crippen LogP contribution is 2.25. The molecule has 21 heavy (non-hydrogen) atoms. The molecule has 2 saturated heterocycles. The predicted molar refractivity (Wildman–Crippen MR) is 80.0 cm³/mol. The molecule has 0 aromatic carbocycles. The molecule has 116 valence electrons. The number of hydrogen-bond donors (Lipinski definition) is 1. The van der Waals surface area contributed by atoms with Crippen LogP contribution in [0.4, 0.5) is 0 Å². The van der Waals surface area contributed by atoms with Crippen LogP contribution in [0, 0.1) is 0 Å². The summed E-state index contributed by atoms with van der Waals surface area (Å²) in [6, 6.07) is 1.54. The molecule has 0 aliphatic carbocycles. The zero-order valence-electron chi connectivity index (χ0n) is 11.6. The molecule has 1 atom stereocenters. The van der Waals surface area contributed by atoms with Gasteiger partial charge in [-0.2, -0.15) is 4.31 Å². The Morgan fingerprint density at radius 3 is 2.76 bits per heavy atom. The lowest BCUT2D eigenvalue weighted by molar-refractivity contribution is 0.257. The van der Waals surface area contributed by atoms with E-state index in [1.807, 2.05) is 0 Å². The molecule has 2 fully saturated rings. The minimum Gasteiger partial charge on any atom is -0.326 e. The SMILES string of the molecule is O=c1[nH]cc(S(=O)(=O)N2CCCN3CCCC3C2)cc1Cl. The van der Waals surface area contributed by atoms with Crippen molar-refractivity contribution < 1.29 is 8.42 Å². The van der Waals surface area contributed by atoms with E-state index >= 15 is 0 Å². The second kappa shape index (κ2) is 5.72. The van der Waals surface area contributed by atoms with Gasteiger partial charge in [0.25, 0.3) is 5.56 Å². The molecule has 6 nitrogen and oxygen atoms in total. The summed E-state index contributed by atoms with van der Waals surface area (Å²) in [7, 11) is -3.61. The Bertz CT molecular complexity index is 688. The van der Waals surface area contributed by atoms with E-state index in [1.165, 1.54) is 16.6 Å². The lowest BCUT2D eigenvalue weighted by atomic mass is 10.2. The number of fused-ring (bicyclic) bond motifs is 1. The number of sulfonamides is 1. The van der Waals surface area contributed by atoms with Gasteiger partial charge in [-0.05, 0) is 38.4 Å². The molecule has 1 aromatic heterocycles. The molecule has 2 aliphatic rings. The smallest absolute Gasteiger partial charge is 0.266 e. The summed E-state index contributed by atoms with van der Waals surface area (Å²) in [6.07, 6.45) is 4.22. The second-order valence-corrected chi connectivity index (χ2v) is 7.91. The second-order valence-electron chi connectivity index (χ2n) is 5.56. The van der Waals surface area contributed by atoms with E-state index in [2.05, 4.69) is 9.88 Å². The predicted octanol–water partition coefficient (Wildman–Crippen LogP) is 0.887. The average molecular weight is 332 g/mol. The third-order valence-corrected chi connectivity index (χ3v) is 6.36. The number of H-pyrrole nitrogens is 1. The average Bonchev–Trinajstić information content (AvgIpc) is 2.78. The van der Waals surface area contributed by atoms with Crippen molar-refractivity contribution in [1.82, 2.24) is 14.2 Å². The van der Waals surface area contributed by atoms with Gasteiger partial charge in [-0.3, -0.25) is 9.69 Å². The molecule has 1 aromatic rings. The van der Waals surface area contributed by atoms with Gasteiger partial charge in [0.2, 0.25) is 10.0 Å². The fourth-order valence-electron chi connectivity index (χ4n) is 3.13. The Kier molecular flexibility index (Phi) is 4.09. The molecule has 1 N–H and O–H groups in total.